The van der Waals surface area contributed by atoms with Gasteiger partial charge in [-0.15, -0.1) is 0 Å². The van der Waals surface area contributed by atoms with E-state index in [9.17, 15) is 0 Å². The number of benzene rings is 4. The van der Waals surface area contributed by atoms with Crippen LogP contribution in [0.1, 0.15) is 28.3 Å². The molecule has 5 heterocycles. The van der Waals surface area contributed by atoms with Gasteiger partial charge in [0.25, 0.3) is 0 Å². The van der Waals surface area contributed by atoms with Crippen molar-refractivity contribution in [2.24, 2.45) is 0 Å². The number of rotatable bonds is 4. The summed E-state index contributed by atoms with van der Waals surface area (Å²) in [6.07, 6.45) is 6.34. The van der Waals surface area contributed by atoms with E-state index in [0.717, 1.165) is 88.4 Å². The molecule has 0 amide bonds. The molecule has 0 saturated heterocycles. The maximum atomic E-state index is 5.47. The third kappa shape index (κ3) is 5.36. The van der Waals surface area contributed by atoms with Gasteiger partial charge in [0.2, 0.25) is 0 Å². The standard InChI is InChI=1S/C44H29N4.Fe/c1-5-13-30(14-6-1)40-28-37-26-35-22-21-33(45-35)25-34-23-24-36(46-34)27-39-29-41(31-15-7-2-8-16-31)44(48(39)38-19-11-4-12-20-38)42(43(40)47-37)32-17-9-3-10-18-32;/h1-28,45H;. The van der Waals surface area contributed by atoms with Gasteiger partial charge in [0, 0.05) is 0 Å². The molecular formula is C44H29FeN4. The Balaban J connectivity index is 1.58. The Morgan fingerprint density at radius 1 is 0.510 bits per heavy atom. The average molecular weight is 670 g/mol. The van der Waals surface area contributed by atoms with Crippen molar-refractivity contribution in [3.05, 3.63) is 180 Å². The van der Waals surface area contributed by atoms with Crippen LogP contribution in [-0.4, -0.2) is 19.5 Å². The van der Waals surface area contributed by atoms with E-state index in [-0.39, 0.29) is 0 Å². The summed E-state index contributed by atoms with van der Waals surface area (Å²) in [5.74, 6) is 0. The first-order valence-electron chi connectivity index (χ1n) is 16.3. The van der Waals surface area contributed by atoms with Gasteiger partial charge in [-0.3, -0.25) is 0 Å². The van der Waals surface area contributed by atoms with E-state index in [1.165, 1.54) is 0 Å². The summed E-state index contributed by atoms with van der Waals surface area (Å²) in [7, 11) is 0. The van der Waals surface area contributed by atoms with Crippen LogP contribution in [0.5, 0.6) is 0 Å². The second-order valence-corrected chi connectivity index (χ2v) is 12.6. The minimum atomic E-state index is 0.863. The molecule has 0 fully saturated rings. The van der Waals surface area contributed by atoms with E-state index in [2.05, 4.69) is 179 Å². The van der Waals surface area contributed by atoms with Crippen LogP contribution in [0.2, 0.25) is 0 Å². The molecule has 2 aliphatic rings. The Labute approximate surface area is 292 Å². The molecule has 233 valence electrons. The molecule has 8 bridgehead atoms. The van der Waals surface area contributed by atoms with Gasteiger partial charge in [-0.2, -0.15) is 0 Å². The van der Waals surface area contributed by atoms with Crippen LogP contribution in [0.15, 0.2) is 152 Å². The first-order valence-corrected chi connectivity index (χ1v) is 16.8. The Bertz CT molecular complexity index is 2580. The topological polar surface area (TPSA) is 46.5 Å². The van der Waals surface area contributed by atoms with E-state index in [1.54, 1.807) is 0 Å². The summed E-state index contributed by atoms with van der Waals surface area (Å²) in [5.41, 5.74) is 14.9. The summed E-state index contributed by atoms with van der Waals surface area (Å²) < 4.78 is 3.27. The van der Waals surface area contributed by atoms with Crippen molar-refractivity contribution < 1.29 is 16.0 Å². The number of hydrogen-bond acceptors (Lipinski definition) is 2. The molecule has 3 aromatic heterocycles. The maximum absolute atomic E-state index is 5.47. The Morgan fingerprint density at radius 2 is 1.04 bits per heavy atom. The number of nitrogens with one attached hydrogen (secondary N) is 1. The van der Waals surface area contributed by atoms with Crippen molar-refractivity contribution in [3.63, 3.8) is 0 Å². The first kappa shape index (κ1) is 29.2. The second-order valence-electron chi connectivity index (χ2n) is 12.1. The van der Waals surface area contributed by atoms with E-state index in [4.69, 9.17) is 26.0 Å². The molecule has 49 heavy (non-hydrogen) atoms. The molecule has 0 radical (unpaired) electrons. The van der Waals surface area contributed by atoms with Gasteiger partial charge >= 0.3 is 294 Å². The van der Waals surface area contributed by atoms with Crippen molar-refractivity contribution in [1.29, 1.82) is 0 Å². The normalized spacial score (nSPS) is 12.2. The number of aromatic nitrogens is 4. The number of nitrogens with zero attached hydrogens (tertiary/aromatic N) is 3. The van der Waals surface area contributed by atoms with Gasteiger partial charge in [0.1, 0.15) is 0 Å². The van der Waals surface area contributed by atoms with Gasteiger partial charge in [-0.25, -0.2) is 0 Å². The quantitative estimate of drug-likeness (QED) is 0.190. The zero-order valence-corrected chi connectivity index (χ0v) is 27.5. The van der Waals surface area contributed by atoms with Crippen LogP contribution in [0.3, 0.4) is 0 Å². The number of fused-ring (bicyclic) bond motifs is 8. The number of hydrogen-bond donors (Lipinski definition) is 1. The minimum absolute atomic E-state index is 0.863. The van der Waals surface area contributed by atoms with E-state index in [1.807, 2.05) is 0 Å². The fraction of sp³-hybridized carbons (Fsp3) is 0. The van der Waals surface area contributed by atoms with Crippen molar-refractivity contribution in [2.45, 2.75) is 0 Å². The Kier molecular flexibility index (Phi) is 7.27. The van der Waals surface area contributed by atoms with Crippen LogP contribution in [0.25, 0.3) is 73.8 Å². The fourth-order valence-corrected chi connectivity index (χ4v) is 7.27. The summed E-state index contributed by atoms with van der Waals surface area (Å²) in [4.78, 5) is 14.0. The van der Waals surface area contributed by atoms with Crippen LogP contribution < -0.4 is 4.46 Å². The molecule has 5 heteroatoms. The Morgan fingerprint density at radius 3 is 1.67 bits per heavy atom. The third-order valence-electron chi connectivity index (χ3n) is 8.92. The predicted molar refractivity (Wildman–Crippen MR) is 199 cm³/mol. The number of H-pyrrole nitrogens is 1. The zero-order valence-electron chi connectivity index (χ0n) is 26.4. The van der Waals surface area contributed by atoms with Gasteiger partial charge in [-0.05, 0) is 0 Å². The molecule has 9 rings (SSSR count). The average Bonchev–Trinajstić information content (AvgIpc) is 3.94. The summed E-state index contributed by atoms with van der Waals surface area (Å²) in [5, 5.41) is 0. The zero-order chi connectivity index (χ0) is 32.7. The van der Waals surface area contributed by atoms with Crippen molar-refractivity contribution in [2.75, 3.05) is 0 Å². The number of aromatic amines is 1. The molecule has 7 aromatic rings. The summed E-state index contributed by atoms with van der Waals surface area (Å²) in [6.45, 7) is 0. The molecule has 0 aliphatic carbocycles. The van der Waals surface area contributed by atoms with Crippen molar-refractivity contribution in [1.82, 2.24) is 19.5 Å². The van der Waals surface area contributed by atoms with Crippen LogP contribution in [-0.2, 0) is 16.0 Å². The van der Waals surface area contributed by atoms with Gasteiger partial charge < -0.3 is 0 Å². The van der Waals surface area contributed by atoms with Gasteiger partial charge in [-0.1, -0.05) is 0 Å². The van der Waals surface area contributed by atoms with E-state index >= 15 is 0 Å². The molecule has 0 unspecified atom stereocenters. The third-order valence-corrected chi connectivity index (χ3v) is 9.48. The monoisotopic (exact) mass is 669 g/mol. The summed E-state index contributed by atoms with van der Waals surface area (Å²) in [6, 6.07) is 52.8. The molecule has 4 nitrogen and oxygen atoms in total. The molecule has 1 N–H and O–H groups in total. The Hall–Kier alpha value is -6.00. The SMILES string of the molecule is [Fe][c]1c(-c2ccccc2)c2c(-c3ccccc3)c3nc(cc4ccc(cc5nc(cc1n2-c1ccccc1)C=C5)[nH]4)C=C3c1ccccc1. The molecular weight excluding hydrogens is 640 g/mol. The fourth-order valence-electron chi connectivity index (χ4n) is 6.77. The van der Waals surface area contributed by atoms with Crippen LogP contribution in [0, 0.1) is 0 Å². The number of para-hydroxylation sites is 1. The van der Waals surface area contributed by atoms with Gasteiger partial charge in [0.15, 0.2) is 0 Å². The van der Waals surface area contributed by atoms with E-state index < -0.39 is 0 Å². The van der Waals surface area contributed by atoms with Gasteiger partial charge in [0.05, 0.1) is 0 Å². The predicted octanol–water partition coefficient (Wildman–Crippen LogP) is 10.0. The molecule has 0 saturated carbocycles. The van der Waals surface area contributed by atoms with E-state index in [0.29, 0.717) is 0 Å². The van der Waals surface area contributed by atoms with Crippen molar-refractivity contribution >= 4 is 50.3 Å². The molecule has 4 aromatic carbocycles. The molecule has 0 spiro atoms. The second kappa shape index (κ2) is 12.2. The van der Waals surface area contributed by atoms with Crippen LogP contribution in [0.4, 0.5) is 0 Å². The first-order chi connectivity index (χ1) is 24.2. The molecule has 2 aliphatic heterocycles. The summed E-state index contributed by atoms with van der Waals surface area (Å²) >= 11 is 4.80. The van der Waals surface area contributed by atoms with Crippen molar-refractivity contribution in [3.8, 4) is 27.9 Å². The molecule has 0 atom stereocenters. The van der Waals surface area contributed by atoms with Crippen LogP contribution >= 0.6 is 0 Å².